The van der Waals surface area contributed by atoms with Gasteiger partial charge in [-0.1, -0.05) is 23.7 Å². The van der Waals surface area contributed by atoms with E-state index in [1.807, 2.05) is 0 Å². The Morgan fingerprint density at radius 3 is 2.33 bits per heavy atom. The summed E-state index contributed by atoms with van der Waals surface area (Å²) in [5.41, 5.74) is 0.589. The van der Waals surface area contributed by atoms with Gasteiger partial charge in [0.25, 0.3) is 5.92 Å². The van der Waals surface area contributed by atoms with Crippen LogP contribution in [0.5, 0.6) is 0 Å². The van der Waals surface area contributed by atoms with E-state index in [9.17, 15) is 8.78 Å². The molecule has 1 aromatic rings. The molecule has 0 aromatic heterocycles. The van der Waals surface area contributed by atoms with E-state index in [0.717, 1.165) is 0 Å². The molecule has 1 N–H and O–H groups in total. The highest BCUT2D eigenvalue weighted by Gasteiger charge is 2.35. The molecule has 1 aromatic carbocycles. The van der Waals surface area contributed by atoms with Gasteiger partial charge >= 0.3 is 0 Å². The molecular weight excluding hydrogens is 220 g/mol. The predicted molar refractivity (Wildman–Crippen MR) is 58.6 cm³/mol. The number of alkyl halides is 2. The lowest BCUT2D eigenvalue weighted by Crippen LogP contribution is -2.42. The standard InChI is InChI=1S/C11H14ClF2N/c1-8(15-2)11(13,14)7-9-3-5-10(12)6-4-9/h3-6,8,15H,7H2,1-2H3. The van der Waals surface area contributed by atoms with E-state index >= 15 is 0 Å². The van der Waals surface area contributed by atoms with Gasteiger partial charge in [0, 0.05) is 11.4 Å². The van der Waals surface area contributed by atoms with E-state index in [-0.39, 0.29) is 6.42 Å². The minimum Gasteiger partial charge on any atom is -0.312 e. The van der Waals surface area contributed by atoms with Crippen LogP contribution in [0.15, 0.2) is 24.3 Å². The highest BCUT2D eigenvalue weighted by atomic mass is 35.5. The van der Waals surface area contributed by atoms with Crippen molar-refractivity contribution >= 4 is 11.6 Å². The molecule has 0 saturated carbocycles. The first-order valence-electron chi connectivity index (χ1n) is 4.75. The summed E-state index contributed by atoms with van der Waals surface area (Å²) in [4.78, 5) is 0. The van der Waals surface area contributed by atoms with E-state index in [0.29, 0.717) is 10.6 Å². The molecule has 0 aliphatic carbocycles. The van der Waals surface area contributed by atoms with Crippen LogP contribution >= 0.6 is 11.6 Å². The van der Waals surface area contributed by atoms with Gasteiger partial charge in [-0.3, -0.25) is 0 Å². The summed E-state index contributed by atoms with van der Waals surface area (Å²) < 4.78 is 27.0. The predicted octanol–water partition coefficient (Wildman–Crippen LogP) is 3.13. The Morgan fingerprint density at radius 1 is 1.33 bits per heavy atom. The van der Waals surface area contributed by atoms with E-state index in [1.165, 1.54) is 14.0 Å². The van der Waals surface area contributed by atoms with Gasteiger partial charge in [-0.25, -0.2) is 8.78 Å². The van der Waals surface area contributed by atoms with Crippen molar-refractivity contribution in [1.29, 1.82) is 0 Å². The summed E-state index contributed by atoms with van der Waals surface area (Å²) in [6.45, 7) is 1.47. The lowest BCUT2D eigenvalue weighted by atomic mass is 10.0. The third-order valence-corrected chi connectivity index (χ3v) is 2.67. The van der Waals surface area contributed by atoms with Crippen LogP contribution in [0.1, 0.15) is 12.5 Å². The van der Waals surface area contributed by atoms with Crippen LogP contribution < -0.4 is 5.32 Å². The summed E-state index contributed by atoms with van der Waals surface area (Å²) in [6, 6.07) is 5.65. The van der Waals surface area contributed by atoms with Gasteiger partial charge in [0.1, 0.15) is 0 Å². The van der Waals surface area contributed by atoms with Gasteiger partial charge in [-0.2, -0.15) is 0 Å². The summed E-state index contributed by atoms with van der Waals surface area (Å²) in [5, 5.41) is 3.12. The minimum absolute atomic E-state index is 0.272. The summed E-state index contributed by atoms with van der Waals surface area (Å²) >= 11 is 5.67. The fraction of sp³-hybridized carbons (Fsp3) is 0.455. The van der Waals surface area contributed by atoms with Crippen molar-refractivity contribution in [3.05, 3.63) is 34.9 Å². The Balaban J connectivity index is 2.72. The maximum atomic E-state index is 13.5. The Bertz CT molecular complexity index is 311. The average molecular weight is 234 g/mol. The molecule has 4 heteroatoms. The number of rotatable bonds is 4. The Kier molecular flexibility index (Phi) is 4.05. The second kappa shape index (κ2) is 4.90. The second-order valence-corrected chi connectivity index (χ2v) is 4.01. The zero-order chi connectivity index (χ0) is 11.5. The molecule has 0 radical (unpaired) electrons. The highest BCUT2D eigenvalue weighted by molar-refractivity contribution is 6.30. The molecule has 0 heterocycles. The first-order chi connectivity index (χ1) is 6.95. The van der Waals surface area contributed by atoms with E-state index in [2.05, 4.69) is 5.32 Å². The maximum absolute atomic E-state index is 13.5. The van der Waals surface area contributed by atoms with Crippen LogP contribution in [0.2, 0.25) is 5.02 Å². The molecule has 0 saturated heterocycles. The molecule has 15 heavy (non-hydrogen) atoms. The summed E-state index contributed by atoms with van der Waals surface area (Å²) in [7, 11) is 1.53. The normalized spacial score (nSPS) is 13.9. The quantitative estimate of drug-likeness (QED) is 0.843. The summed E-state index contributed by atoms with van der Waals surface area (Å²) in [6.07, 6.45) is -0.272. The first-order valence-corrected chi connectivity index (χ1v) is 5.13. The zero-order valence-corrected chi connectivity index (χ0v) is 9.48. The van der Waals surface area contributed by atoms with Gasteiger partial charge in [-0.05, 0) is 31.7 Å². The van der Waals surface area contributed by atoms with Gasteiger partial charge < -0.3 is 5.32 Å². The van der Waals surface area contributed by atoms with Crippen molar-refractivity contribution in [2.24, 2.45) is 0 Å². The number of hydrogen-bond donors (Lipinski definition) is 1. The minimum atomic E-state index is -2.75. The summed E-state index contributed by atoms with van der Waals surface area (Å²) in [5.74, 6) is -2.75. The van der Waals surface area contributed by atoms with Gasteiger partial charge in [-0.15, -0.1) is 0 Å². The van der Waals surface area contributed by atoms with Gasteiger partial charge in [0.2, 0.25) is 0 Å². The van der Waals surface area contributed by atoms with Gasteiger partial charge in [0.05, 0.1) is 6.04 Å². The fourth-order valence-electron chi connectivity index (χ4n) is 1.24. The zero-order valence-electron chi connectivity index (χ0n) is 8.73. The molecule has 0 bridgehead atoms. The van der Waals surface area contributed by atoms with E-state index in [1.54, 1.807) is 24.3 Å². The first kappa shape index (κ1) is 12.4. The topological polar surface area (TPSA) is 12.0 Å². The molecule has 0 amide bonds. The van der Waals surface area contributed by atoms with Crippen LogP contribution in [0.3, 0.4) is 0 Å². The fourth-order valence-corrected chi connectivity index (χ4v) is 1.36. The highest BCUT2D eigenvalue weighted by Crippen LogP contribution is 2.24. The van der Waals surface area contributed by atoms with Crippen LogP contribution in [0, 0.1) is 0 Å². The molecular formula is C11H14ClF2N. The Hall–Kier alpha value is -0.670. The largest absolute Gasteiger partial charge is 0.312 e. The van der Waals surface area contributed by atoms with Crippen LogP contribution in [0.25, 0.3) is 0 Å². The number of halogens is 3. The van der Waals surface area contributed by atoms with Crippen LogP contribution in [-0.4, -0.2) is 19.0 Å². The van der Waals surface area contributed by atoms with E-state index in [4.69, 9.17) is 11.6 Å². The SMILES string of the molecule is CNC(C)C(F)(F)Cc1ccc(Cl)cc1. The molecule has 1 nitrogen and oxygen atoms in total. The average Bonchev–Trinajstić information content (AvgIpc) is 2.20. The van der Waals surface area contributed by atoms with Crippen molar-refractivity contribution in [1.82, 2.24) is 5.32 Å². The maximum Gasteiger partial charge on any atom is 0.266 e. The molecule has 0 aliphatic rings. The number of hydrogen-bond acceptors (Lipinski definition) is 1. The number of benzene rings is 1. The van der Waals surface area contributed by atoms with Crippen molar-refractivity contribution in [3.8, 4) is 0 Å². The Labute approximate surface area is 93.4 Å². The van der Waals surface area contributed by atoms with Crippen LogP contribution in [0.4, 0.5) is 8.78 Å². The van der Waals surface area contributed by atoms with Crippen molar-refractivity contribution in [2.45, 2.75) is 25.3 Å². The monoisotopic (exact) mass is 233 g/mol. The molecule has 0 spiro atoms. The van der Waals surface area contributed by atoms with Crippen molar-refractivity contribution < 1.29 is 8.78 Å². The number of nitrogens with one attached hydrogen (secondary N) is 1. The van der Waals surface area contributed by atoms with Gasteiger partial charge in [0.15, 0.2) is 0 Å². The molecule has 0 aliphatic heterocycles. The molecule has 1 rings (SSSR count). The van der Waals surface area contributed by atoms with Crippen molar-refractivity contribution in [2.75, 3.05) is 7.05 Å². The lowest BCUT2D eigenvalue weighted by Gasteiger charge is -2.23. The third-order valence-electron chi connectivity index (χ3n) is 2.42. The molecule has 0 fully saturated rings. The smallest absolute Gasteiger partial charge is 0.266 e. The molecule has 84 valence electrons. The molecule has 1 unspecified atom stereocenters. The van der Waals surface area contributed by atoms with Crippen molar-refractivity contribution in [3.63, 3.8) is 0 Å². The third kappa shape index (κ3) is 3.43. The second-order valence-electron chi connectivity index (χ2n) is 3.57. The lowest BCUT2D eigenvalue weighted by molar-refractivity contribution is -0.0285. The van der Waals surface area contributed by atoms with E-state index < -0.39 is 12.0 Å². The molecule has 1 atom stereocenters. The Morgan fingerprint density at radius 2 is 1.87 bits per heavy atom. The van der Waals surface area contributed by atoms with Crippen LogP contribution in [-0.2, 0) is 6.42 Å².